The number of carbonyl (C=O) groups is 2. The summed E-state index contributed by atoms with van der Waals surface area (Å²) in [5.41, 5.74) is 2.64. The van der Waals surface area contributed by atoms with Crippen LogP contribution in [-0.2, 0) is 16.1 Å². The number of nitrogens with one attached hydrogen (secondary N) is 1. The van der Waals surface area contributed by atoms with Crippen molar-refractivity contribution in [3.63, 3.8) is 0 Å². The van der Waals surface area contributed by atoms with Crippen molar-refractivity contribution in [3.05, 3.63) is 84.4 Å². The summed E-state index contributed by atoms with van der Waals surface area (Å²) in [6.45, 7) is 6.51. The summed E-state index contributed by atoms with van der Waals surface area (Å²) < 4.78 is 10.5. The van der Waals surface area contributed by atoms with Gasteiger partial charge in [-0.25, -0.2) is 0 Å². The van der Waals surface area contributed by atoms with Gasteiger partial charge in [0.15, 0.2) is 5.11 Å². The minimum Gasteiger partial charge on any atom is -0.497 e. The fourth-order valence-electron chi connectivity index (χ4n) is 5.60. The van der Waals surface area contributed by atoms with E-state index in [2.05, 4.69) is 45.4 Å². The number of hydrogen-bond donors (Lipinski definition) is 1. The molecule has 9 nitrogen and oxygen atoms in total. The maximum Gasteiger partial charge on any atom is 0.256 e. The standard InChI is InChI=1S/C33H39N5O4S/c1-41-28-13-9-26(10-14-28)34-31(39)23-30-32(40)38(27-11-15-29(42-2)16-12-27)33(43)37(30)18-6-17-35-19-21-36(22-20-35)24-25-7-4-3-5-8-25/h3-5,7-16,30H,6,17-24H2,1-2H3,(H,34,39)/t30-/m1/s1. The second-order valence-electron chi connectivity index (χ2n) is 10.8. The molecule has 10 heteroatoms. The molecule has 2 fully saturated rings. The number of benzene rings is 3. The minimum absolute atomic E-state index is 0.00415. The Morgan fingerprint density at radius 3 is 2.07 bits per heavy atom. The average molecular weight is 602 g/mol. The lowest BCUT2D eigenvalue weighted by atomic mass is 10.1. The predicted octanol–water partition coefficient (Wildman–Crippen LogP) is 4.24. The number of carbonyl (C=O) groups excluding carboxylic acids is 2. The van der Waals surface area contributed by atoms with Gasteiger partial charge in [-0.1, -0.05) is 30.3 Å². The van der Waals surface area contributed by atoms with E-state index in [0.29, 0.717) is 34.5 Å². The molecule has 2 aliphatic rings. The Morgan fingerprint density at radius 1 is 0.837 bits per heavy atom. The molecule has 0 unspecified atom stereocenters. The van der Waals surface area contributed by atoms with Crippen LogP contribution in [0.3, 0.4) is 0 Å². The first-order valence-corrected chi connectivity index (χ1v) is 15.1. The van der Waals surface area contributed by atoms with Crippen LogP contribution in [0.15, 0.2) is 78.9 Å². The topological polar surface area (TPSA) is 77.6 Å². The lowest BCUT2D eigenvalue weighted by molar-refractivity contribution is -0.124. The van der Waals surface area contributed by atoms with Crippen LogP contribution in [0, 0.1) is 0 Å². The zero-order chi connectivity index (χ0) is 30.2. The van der Waals surface area contributed by atoms with Gasteiger partial charge in [-0.05, 0) is 79.3 Å². The van der Waals surface area contributed by atoms with E-state index < -0.39 is 6.04 Å². The summed E-state index contributed by atoms with van der Waals surface area (Å²) in [6, 6.07) is 24.2. The lowest BCUT2D eigenvalue weighted by Crippen LogP contribution is -2.47. The van der Waals surface area contributed by atoms with Crippen molar-refractivity contribution in [2.75, 3.05) is 63.7 Å². The summed E-state index contributed by atoms with van der Waals surface area (Å²) in [5.74, 6) is 0.947. The van der Waals surface area contributed by atoms with Gasteiger partial charge in [-0.15, -0.1) is 0 Å². The third kappa shape index (κ3) is 7.70. The van der Waals surface area contributed by atoms with Gasteiger partial charge in [0.25, 0.3) is 5.91 Å². The number of methoxy groups -OCH3 is 2. The predicted molar refractivity (Wildman–Crippen MR) is 173 cm³/mol. The zero-order valence-electron chi connectivity index (χ0n) is 24.8. The molecule has 0 bridgehead atoms. The SMILES string of the molecule is COc1ccc(NC(=O)C[C@@H]2C(=O)N(c3ccc(OC)cc3)C(=S)N2CCCN2CCN(Cc3ccccc3)CC2)cc1. The van der Waals surface area contributed by atoms with E-state index in [1.54, 1.807) is 55.5 Å². The van der Waals surface area contributed by atoms with Gasteiger partial charge in [0.1, 0.15) is 17.5 Å². The molecule has 5 rings (SSSR count). The molecule has 0 spiro atoms. The molecule has 0 radical (unpaired) electrons. The first-order chi connectivity index (χ1) is 20.9. The molecule has 3 aromatic carbocycles. The molecular formula is C33H39N5O4S. The number of piperazine rings is 1. The Hall–Kier alpha value is -3.99. The van der Waals surface area contributed by atoms with Crippen molar-refractivity contribution in [2.24, 2.45) is 0 Å². The van der Waals surface area contributed by atoms with Crippen molar-refractivity contribution in [2.45, 2.75) is 25.4 Å². The maximum atomic E-state index is 13.8. The summed E-state index contributed by atoms with van der Waals surface area (Å²) in [7, 11) is 3.19. The third-order valence-corrected chi connectivity index (χ3v) is 8.41. The zero-order valence-corrected chi connectivity index (χ0v) is 25.6. The van der Waals surface area contributed by atoms with E-state index in [4.69, 9.17) is 21.7 Å². The van der Waals surface area contributed by atoms with E-state index in [-0.39, 0.29) is 18.2 Å². The molecule has 226 valence electrons. The Balaban J connectivity index is 1.21. The Morgan fingerprint density at radius 2 is 1.44 bits per heavy atom. The number of rotatable bonds is 12. The lowest BCUT2D eigenvalue weighted by Gasteiger charge is -2.35. The number of ether oxygens (including phenoxy) is 2. The third-order valence-electron chi connectivity index (χ3n) is 7.99. The monoisotopic (exact) mass is 601 g/mol. The van der Waals surface area contributed by atoms with Gasteiger partial charge in [-0.2, -0.15) is 0 Å². The van der Waals surface area contributed by atoms with E-state index in [1.807, 2.05) is 17.0 Å². The van der Waals surface area contributed by atoms with Crippen LogP contribution in [-0.4, -0.2) is 91.2 Å². The van der Waals surface area contributed by atoms with Crippen molar-refractivity contribution in [1.29, 1.82) is 0 Å². The first-order valence-electron chi connectivity index (χ1n) is 14.7. The normalized spacial score (nSPS) is 17.8. The smallest absolute Gasteiger partial charge is 0.256 e. The number of thiocarbonyl (C=S) groups is 1. The van der Waals surface area contributed by atoms with Crippen LogP contribution in [0.25, 0.3) is 0 Å². The molecule has 1 atom stereocenters. The molecule has 2 heterocycles. The summed E-state index contributed by atoms with van der Waals surface area (Å²) in [4.78, 5) is 35.3. The summed E-state index contributed by atoms with van der Waals surface area (Å²) in [6.07, 6.45) is 0.828. The van der Waals surface area contributed by atoms with Crippen molar-refractivity contribution >= 4 is 40.5 Å². The molecule has 0 saturated carbocycles. The van der Waals surface area contributed by atoms with Gasteiger partial charge >= 0.3 is 0 Å². The van der Waals surface area contributed by atoms with E-state index in [0.717, 1.165) is 45.7 Å². The van der Waals surface area contributed by atoms with Crippen molar-refractivity contribution < 1.29 is 19.1 Å². The van der Waals surface area contributed by atoms with Crippen molar-refractivity contribution in [3.8, 4) is 11.5 Å². The second kappa shape index (κ2) is 14.5. The highest BCUT2D eigenvalue weighted by atomic mass is 32.1. The summed E-state index contributed by atoms with van der Waals surface area (Å²) in [5, 5.41) is 3.33. The van der Waals surface area contributed by atoms with Crippen LogP contribution in [0.2, 0.25) is 0 Å². The van der Waals surface area contributed by atoms with Gasteiger partial charge in [0.2, 0.25) is 5.91 Å². The molecular weight excluding hydrogens is 562 g/mol. The van der Waals surface area contributed by atoms with Gasteiger partial charge in [0, 0.05) is 45.0 Å². The largest absolute Gasteiger partial charge is 0.497 e. The number of nitrogens with zero attached hydrogens (tertiary/aromatic N) is 4. The molecule has 2 amide bonds. The first kappa shape index (κ1) is 30.5. The Labute approximate surface area is 259 Å². The van der Waals surface area contributed by atoms with E-state index in [9.17, 15) is 9.59 Å². The number of hydrogen-bond acceptors (Lipinski definition) is 7. The van der Waals surface area contributed by atoms with Crippen LogP contribution < -0.4 is 19.7 Å². The fourth-order valence-corrected chi connectivity index (χ4v) is 6.01. The van der Waals surface area contributed by atoms with E-state index in [1.165, 1.54) is 5.56 Å². The molecule has 3 aromatic rings. The second-order valence-corrected chi connectivity index (χ2v) is 11.2. The maximum absolute atomic E-state index is 13.8. The minimum atomic E-state index is -0.685. The number of amides is 2. The van der Waals surface area contributed by atoms with Crippen LogP contribution in [0.1, 0.15) is 18.4 Å². The quantitative estimate of drug-likeness (QED) is 0.309. The highest BCUT2D eigenvalue weighted by Crippen LogP contribution is 2.29. The summed E-state index contributed by atoms with van der Waals surface area (Å²) >= 11 is 5.85. The molecule has 2 saturated heterocycles. The number of anilines is 2. The molecule has 1 N–H and O–H groups in total. The highest BCUT2D eigenvalue weighted by molar-refractivity contribution is 7.80. The molecule has 43 heavy (non-hydrogen) atoms. The van der Waals surface area contributed by atoms with Crippen LogP contribution in [0.5, 0.6) is 11.5 Å². The van der Waals surface area contributed by atoms with Gasteiger partial charge in [-0.3, -0.25) is 19.4 Å². The van der Waals surface area contributed by atoms with Crippen LogP contribution >= 0.6 is 12.2 Å². The van der Waals surface area contributed by atoms with E-state index >= 15 is 0 Å². The van der Waals surface area contributed by atoms with Gasteiger partial charge < -0.3 is 24.6 Å². The molecule has 0 aliphatic carbocycles. The Bertz CT molecular complexity index is 1380. The molecule has 2 aliphatic heterocycles. The highest BCUT2D eigenvalue weighted by Gasteiger charge is 2.44. The fraction of sp³-hybridized carbons (Fsp3) is 0.364. The Kier molecular flexibility index (Phi) is 10.2. The molecule has 0 aromatic heterocycles. The van der Waals surface area contributed by atoms with Crippen LogP contribution in [0.4, 0.5) is 11.4 Å². The average Bonchev–Trinajstić information content (AvgIpc) is 3.26. The van der Waals surface area contributed by atoms with Gasteiger partial charge in [0.05, 0.1) is 26.3 Å². The van der Waals surface area contributed by atoms with Crippen molar-refractivity contribution in [1.82, 2.24) is 14.7 Å².